The number of anilines is 1. The molecule has 0 radical (unpaired) electrons. The number of fused-ring (bicyclic) bond motifs is 1. The molecule has 2 heterocycles. The van der Waals surface area contributed by atoms with Crippen LogP contribution in [0.3, 0.4) is 0 Å². The van der Waals surface area contributed by atoms with Crippen LogP contribution in [-0.4, -0.2) is 96.7 Å². The standard InChI is InChI=1S/C16H19NO6.C12H23N.C9H15FO.C2H6.CH5N.CH4S/c1-20-7-8-21-5-2-6-22-16(19)15-10-12-9-13(17-11-18)3-4-14(12)23-15;1-10-12(8-9-13(10)2)11-6-4-3-5-7-11;10-6-5-8-1-3-9(7-11)4-2-8;3*1-2/h3-4,9-11H,2,5-8H2,1H3,(H,17,18);10-12H,3-9H2,1-2H3;7-9H,1-6H2;1-2H3;2H2,1H3;2H,1H3. The molecule has 1 amide bonds. The molecule has 2 aliphatic carbocycles. The van der Waals surface area contributed by atoms with Crippen LogP contribution in [0.1, 0.15) is 108 Å². The molecule has 3 fully saturated rings. The van der Waals surface area contributed by atoms with Crippen molar-refractivity contribution in [2.45, 2.75) is 104 Å². The number of ether oxygens (including phenoxy) is 3. The van der Waals surface area contributed by atoms with E-state index in [1.807, 2.05) is 13.8 Å². The minimum atomic E-state index is -0.525. The molecule has 1 aromatic heterocycles. The number of rotatable bonds is 14. The van der Waals surface area contributed by atoms with E-state index in [1.165, 1.54) is 52.1 Å². The molecule has 2 atom stereocenters. The fraction of sp³-hybridized carbons (Fsp3) is 0.732. The number of nitrogens with two attached hydrogens (primary N) is 1. The number of thiol groups is 1. The number of likely N-dealkylation sites (tertiary alicyclic amines) is 1. The first kappa shape index (κ1) is 50.5. The summed E-state index contributed by atoms with van der Waals surface area (Å²) in [5.41, 5.74) is 5.68. The highest BCUT2D eigenvalue weighted by molar-refractivity contribution is 7.79. The largest absolute Gasteiger partial charge is 0.460 e. The van der Waals surface area contributed by atoms with Crippen LogP contribution in [0, 0.1) is 23.7 Å². The van der Waals surface area contributed by atoms with Crippen molar-refractivity contribution >= 4 is 48.0 Å². The molecule has 2 unspecified atom stereocenters. The zero-order chi connectivity index (χ0) is 39.9. The van der Waals surface area contributed by atoms with Crippen molar-refractivity contribution in [3.05, 3.63) is 30.0 Å². The molecule has 2 aromatic rings. The Hall–Kier alpha value is -2.51. The van der Waals surface area contributed by atoms with Crippen molar-refractivity contribution in [1.82, 2.24) is 4.90 Å². The van der Waals surface area contributed by atoms with Crippen LogP contribution in [0.2, 0.25) is 0 Å². The van der Waals surface area contributed by atoms with E-state index < -0.39 is 5.97 Å². The fourth-order valence-electron chi connectivity index (χ4n) is 7.03. The van der Waals surface area contributed by atoms with Crippen molar-refractivity contribution in [3.63, 3.8) is 0 Å². The predicted molar refractivity (Wildman–Crippen MR) is 219 cm³/mol. The third-order valence-corrected chi connectivity index (χ3v) is 10.0. The number of benzene rings is 1. The zero-order valence-electron chi connectivity index (χ0n) is 33.8. The summed E-state index contributed by atoms with van der Waals surface area (Å²) >= 11 is 3.53. The van der Waals surface area contributed by atoms with E-state index in [0.29, 0.717) is 61.6 Å². The van der Waals surface area contributed by atoms with Gasteiger partial charge in [-0.15, -0.1) is 0 Å². The van der Waals surface area contributed by atoms with Gasteiger partial charge in [-0.05, 0) is 114 Å². The number of hydrogen-bond acceptors (Lipinski definition) is 10. The highest BCUT2D eigenvalue weighted by atomic mass is 32.1. The van der Waals surface area contributed by atoms with Crippen molar-refractivity contribution in [3.8, 4) is 0 Å². The van der Waals surface area contributed by atoms with Crippen LogP contribution in [-0.2, 0) is 23.8 Å². The third kappa shape index (κ3) is 20.1. The summed E-state index contributed by atoms with van der Waals surface area (Å²) in [6.07, 6.45) is 17.7. The van der Waals surface area contributed by atoms with Gasteiger partial charge < -0.3 is 39.4 Å². The molecule has 3 aliphatic rings. The van der Waals surface area contributed by atoms with Gasteiger partial charge in [-0.3, -0.25) is 9.18 Å². The second-order valence-electron chi connectivity index (χ2n) is 13.2. The Labute approximate surface area is 325 Å². The molecule has 12 heteroatoms. The number of halogens is 1. The SMILES string of the molecule is CC.CC1C(C2CCCCC2)CCN1C.CN.COCCOCCCOC(=O)c1cc2cc(NC=O)ccc2o1.CS.O=CC1CCC(CCF)CC1. The highest BCUT2D eigenvalue weighted by Crippen LogP contribution is 2.38. The molecule has 306 valence electrons. The van der Waals surface area contributed by atoms with Crippen LogP contribution in [0.15, 0.2) is 28.7 Å². The summed E-state index contributed by atoms with van der Waals surface area (Å²) in [5, 5.41) is 3.25. The normalized spacial score (nSPS) is 20.9. The summed E-state index contributed by atoms with van der Waals surface area (Å²) in [7, 11) is 5.39. The first-order valence-electron chi connectivity index (χ1n) is 19.6. The Morgan fingerprint density at radius 2 is 1.66 bits per heavy atom. The number of carbonyl (C=O) groups excluding carboxylic acids is 3. The summed E-state index contributed by atoms with van der Waals surface area (Å²) in [4.78, 5) is 35.2. The third-order valence-electron chi connectivity index (χ3n) is 10.0. The van der Waals surface area contributed by atoms with E-state index >= 15 is 0 Å². The van der Waals surface area contributed by atoms with Gasteiger partial charge in [0.15, 0.2) is 0 Å². The topological polar surface area (TPSA) is 133 Å². The van der Waals surface area contributed by atoms with E-state index in [9.17, 15) is 18.8 Å². The van der Waals surface area contributed by atoms with Gasteiger partial charge in [0.05, 0.1) is 26.5 Å². The molecule has 0 spiro atoms. The number of amides is 1. The quantitative estimate of drug-likeness (QED) is 0.0748. The molecule has 1 saturated heterocycles. The molecule has 0 bridgehead atoms. The number of methoxy groups -OCH3 is 1. The molecular weight excluding hydrogens is 698 g/mol. The average Bonchev–Trinajstić information content (AvgIpc) is 3.80. The van der Waals surface area contributed by atoms with Gasteiger partial charge in [0.25, 0.3) is 0 Å². The van der Waals surface area contributed by atoms with Gasteiger partial charge in [-0.25, -0.2) is 4.79 Å². The lowest BCUT2D eigenvalue weighted by atomic mass is 9.77. The Kier molecular flexibility index (Phi) is 31.3. The first-order chi connectivity index (χ1) is 25.9. The Balaban J connectivity index is 0.000000765. The zero-order valence-corrected chi connectivity index (χ0v) is 34.7. The van der Waals surface area contributed by atoms with Crippen LogP contribution >= 0.6 is 12.6 Å². The minimum Gasteiger partial charge on any atom is -0.460 e. The molecule has 1 aliphatic heterocycles. The maximum Gasteiger partial charge on any atom is 0.374 e. The maximum absolute atomic E-state index is 11.9. The van der Waals surface area contributed by atoms with Gasteiger partial charge in [0.1, 0.15) is 11.9 Å². The van der Waals surface area contributed by atoms with Gasteiger partial charge in [0, 0.05) is 43.2 Å². The monoisotopic (exact) mass is 770 g/mol. The van der Waals surface area contributed by atoms with E-state index in [0.717, 1.165) is 49.8 Å². The number of furan rings is 1. The number of hydrogen-bond donors (Lipinski definition) is 3. The molecule has 3 N–H and O–H groups in total. The molecule has 2 saturated carbocycles. The number of alkyl halides is 1. The maximum atomic E-state index is 11.9. The van der Waals surface area contributed by atoms with E-state index in [1.54, 1.807) is 37.6 Å². The molecule has 1 aromatic carbocycles. The minimum absolute atomic E-state index is 0.128. The molecular formula is C41H72FN3O7S. The summed E-state index contributed by atoms with van der Waals surface area (Å²) in [6, 6.07) is 7.52. The lowest BCUT2D eigenvalue weighted by molar-refractivity contribution is -0.112. The van der Waals surface area contributed by atoms with Crippen LogP contribution in [0.4, 0.5) is 10.1 Å². The van der Waals surface area contributed by atoms with Gasteiger partial charge >= 0.3 is 5.97 Å². The number of nitrogens with zero attached hydrogens (tertiary/aromatic N) is 1. The van der Waals surface area contributed by atoms with Crippen LogP contribution < -0.4 is 11.1 Å². The first-order valence-corrected chi connectivity index (χ1v) is 20.5. The number of esters is 1. The van der Waals surface area contributed by atoms with Crippen molar-refractivity contribution in [2.24, 2.45) is 29.4 Å². The number of nitrogens with one attached hydrogen (secondary N) is 1. The van der Waals surface area contributed by atoms with Gasteiger partial charge in [-0.2, -0.15) is 12.6 Å². The fourth-order valence-corrected chi connectivity index (χ4v) is 7.03. The molecule has 5 rings (SSSR count). The Morgan fingerprint density at radius 1 is 0.981 bits per heavy atom. The summed E-state index contributed by atoms with van der Waals surface area (Å²) in [6.45, 7) is 9.37. The molecule has 53 heavy (non-hydrogen) atoms. The van der Waals surface area contributed by atoms with Gasteiger partial charge in [-0.1, -0.05) is 46.0 Å². The van der Waals surface area contributed by atoms with E-state index in [2.05, 4.69) is 42.6 Å². The Bertz CT molecular complexity index is 1190. The van der Waals surface area contributed by atoms with Crippen LogP contribution in [0.25, 0.3) is 11.0 Å². The highest BCUT2D eigenvalue weighted by Gasteiger charge is 2.34. The Morgan fingerprint density at radius 3 is 2.23 bits per heavy atom. The van der Waals surface area contributed by atoms with Crippen molar-refractivity contribution < 1.29 is 37.4 Å². The van der Waals surface area contributed by atoms with E-state index in [-0.39, 0.29) is 25.0 Å². The average molecular weight is 770 g/mol. The second-order valence-corrected chi connectivity index (χ2v) is 13.2. The predicted octanol–water partition coefficient (Wildman–Crippen LogP) is 8.62. The number of carbonyl (C=O) groups is 3. The second kappa shape index (κ2) is 32.9. The number of aldehydes is 1. The van der Waals surface area contributed by atoms with Gasteiger partial charge in [0.2, 0.25) is 12.2 Å². The van der Waals surface area contributed by atoms with E-state index in [4.69, 9.17) is 18.6 Å². The smallest absolute Gasteiger partial charge is 0.374 e. The van der Waals surface area contributed by atoms with Crippen molar-refractivity contribution in [1.29, 1.82) is 0 Å². The lowest BCUT2D eigenvalue weighted by Crippen LogP contribution is -2.30. The summed E-state index contributed by atoms with van der Waals surface area (Å²) < 4.78 is 32.6. The van der Waals surface area contributed by atoms with Crippen LogP contribution in [0.5, 0.6) is 0 Å². The van der Waals surface area contributed by atoms with Crippen molar-refractivity contribution in [2.75, 3.05) is 72.4 Å². The molecule has 10 nitrogen and oxygen atoms in total. The summed E-state index contributed by atoms with van der Waals surface area (Å²) in [5.74, 6) is 2.51. The lowest BCUT2D eigenvalue weighted by Gasteiger charge is -2.31.